The number of rotatable bonds is 3. The van der Waals surface area contributed by atoms with Crippen molar-refractivity contribution in [3.63, 3.8) is 0 Å². The molecular formula is C6H12N4O. The van der Waals surface area contributed by atoms with Gasteiger partial charge in [-0.15, -0.1) is 0 Å². The van der Waals surface area contributed by atoms with Gasteiger partial charge in [0.15, 0.2) is 5.82 Å². The summed E-state index contributed by atoms with van der Waals surface area (Å²) in [6, 6.07) is 0. The third-order valence-electron chi connectivity index (χ3n) is 1.12. The van der Waals surface area contributed by atoms with Crippen LogP contribution in [0.4, 0.5) is 0 Å². The maximum Gasteiger partial charge on any atom is 0.223 e. The van der Waals surface area contributed by atoms with Crippen molar-refractivity contribution in [3.05, 3.63) is 11.7 Å². The molecule has 62 valence electrons. The van der Waals surface area contributed by atoms with Crippen LogP contribution in [0.25, 0.3) is 0 Å². The van der Waals surface area contributed by atoms with Gasteiger partial charge >= 0.3 is 0 Å². The SMILES string of the molecule is Cc1nc(CNN(C)C)no1. The van der Waals surface area contributed by atoms with E-state index < -0.39 is 0 Å². The van der Waals surface area contributed by atoms with Gasteiger partial charge in [0.2, 0.25) is 5.89 Å². The summed E-state index contributed by atoms with van der Waals surface area (Å²) in [4.78, 5) is 4.02. The fraction of sp³-hybridized carbons (Fsp3) is 0.667. The molecule has 11 heavy (non-hydrogen) atoms. The summed E-state index contributed by atoms with van der Waals surface area (Å²) in [6.45, 7) is 2.37. The molecule has 0 radical (unpaired) electrons. The van der Waals surface area contributed by atoms with E-state index in [0.29, 0.717) is 18.3 Å². The Kier molecular flexibility index (Phi) is 2.56. The predicted octanol–water partition coefficient (Wildman–Crippen LogP) is -0.0558. The zero-order chi connectivity index (χ0) is 8.27. The van der Waals surface area contributed by atoms with Crippen molar-refractivity contribution in [2.24, 2.45) is 0 Å². The average Bonchev–Trinajstić information content (AvgIpc) is 2.31. The monoisotopic (exact) mass is 156 g/mol. The van der Waals surface area contributed by atoms with Gasteiger partial charge in [0, 0.05) is 21.0 Å². The van der Waals surface area contributed by atoms with Gasteiger partial charge in [-0.1, -0.05) is 5.16 Å². The maximum atomic E-state index is 4.78. The number of hydrazine groups is 1. The lowest BCUT2D eigenvalue weighted by molar-refractivity contribution is 0.278. The Bertz CT molecular complexity index is 220. The summed E-state index contributed by atoms with van der Waals surface area (Å²) in [5, 5.41) is 5.55. The number of aryl methyl sites for hydroxylation is 1. The zero-order valence-corrected chi connectivity index (χ0v) is 6.96. The fourth-order valence-electron chi connectivity index (χ4n) is 0.642. The van der Waals surface area contributed by atoms with E-state index in [1.54, 1.807) is 6.92 Å². The van der Waals surface area contributed by atoms with E-state index >= 15 is 0 Å². The van der Waals surface area contributed by atoms with Crippen LogP contribution >= 0.6 is 0 Å². The molecule has 0 aliphatic carbocycles. The lowest BCUT2D eigenvalue weighted by atomic mass is 10.6. The molecule has 0 atom stereocenters. The lowest BCUT2D eigenvalue weighted by Gasteiger charge is -2.08. The molecule has 0 unspecified atom stereocenters. The van der Waals surface area contributed by atoms with Gasteiger partial charge in [0.05, 0.1) is 6.54 Å². The second-order valence-corrected chi connectivity index (χ2v) is 2.46. The average molecular weight is 156 g/mol. The Balaban J connectivity index is 2.39. The second kappa shape index (κ2) is 3.45. The maximum absolute atomic E-state index is 4.78. The number of aromatic nitrogens is 2. The van der Waals surface area contributed by atoms with E-state index in [9.17, 15) is 0 Å². The number of hydrogen-bond donors (Lipinski definition) is 1. The van der Waals surface area contributed by atoms with E-state index in [1.165, 1.54) is 0 Å². The largest absolute Gasteiger partial charge is 0.340 e. The van der Waals surface area contributed by atoms with Crippen molar-refractivity contribution in [1.29, 1.82) is 0 Å². The molecule has 5 heteroatoms. The molecule has 1 aromatic rings. The van der Waals surface area contributed by atoms with Crippen LogP contribution in [0.15, 0.2) is 4.52 Å². The van der Waals surface area contributed by atoms with E-state index in [2.05, 4.69) is 15.6 Å². The van der Waals surface area contributed by atoms with Crippen LogP contribution < -0.4 is 5.43 Å². The van der Waals surface area contributed by atoms with E-state index in [-0.39, 0.29) is 0 Å². The summed E-state index contributed by atoms with van der Waals surface area (Å²) in [7, 11) is 3.82. The van der Waals surface area contributed by atoms with Gasteiger partial charge in [-0.2, -0.15) is 4.98 Å². The molecule has 0 saturated heterocycles. The number of nitrogens with one attached hydrogen (secondary N) is 1. The number of hydrogen-bond acceptors (Lipinski definition) is 5. The molecular weight excluding hydrogens is 144 g/mol. The highest BCUT2D eigenvalue weighted by atomic mass is 16.5. The van der Waals surface area contributed by atoms with Gasteiger partial charge in [-0.3, -0.25) is 5.01 Å². The smallest absolute Gasteiger partial charge is 0.223 e. The zero-order valence-electron chi connectivity index (χ0n) is 6.96. The molecule has 5 nitrogen and oxygen atoms in total. The standard InChI is InChI=1S/C6H12N4O/c1-5-8-6(9-11-5)4-7-10(2)3/h7H,4H2,1-3H3. The summed E-state index contributed by atoms with van der Waals surface area (Å²) in [5.41, 5.74) is 3.02. The predicted molar refractivity (Wildman–Crippen MR) is 39.6 cm³/mol. The summed E-state index contributed by atoms with van der Waals surface area (Å²) >= 11 is 0. The van der Waals surface area contributed by atoms with E-state index in [0.717, 1.165) is 0 Å². The molecule has 1 rings (SSSR count). The molecule has 0 amide bonds. The number of nitrogens with zero attached hydrogens (tertiary/aromatic N) is 3. The summed E-state index contributed by atoms with van der Waals surface area (Å²) in [6.07, 6.45) is 0. The first-order valence-electron chi connectivity index (χ1n) is 3.38. The van der Waals surface area contributed by atoms with Crippen molar-refractivity contribution >= 4 is 0 Å². The molecule has 0 aliphatic rings. The van der Waals surface area contributed by atoms with Gasteiger partial charge in [-0.25, -0.2) is 5.43 Å². The van der Waals surface area contributed by atoms with Gasteiger partial charge in [0.1, 0.15) is 0 Å². The molecule has 0 aromatic carbocycles. The topological polar surface area (TPSA) is 54.2 Å². The van der Waals surface area contributed by atoms with E-state index in [1.807, 2.05) is 19.1 Å². The van der Waals surface area contributed by atoms with Crippen LogP contribution in [0, 0.1) is 6.92 Å². The van der Waals surface area contributed by atoms with Crippen LogP contribution in [0.5, 0.6) is 0 Å². The van der Waals surface area contributed by atoms with Crippen molar-refractivity contribution in [2.75, 3.05) is 14.1 Å². The van der Waals surface area contributed by atoms with Crippen molar-refractivity contribution in [1.82, 2.24) is 20.6 Å². The quantitative estimate of drug-likeness (QED) is 0.621. The van der Waals surface area contributed by atoms with Crippen LogP contribution in [0.1, 0.15) is 11.7 Å². The summed E-state index contributed by atoms with van der Waals surface area (Å²) < 4.78 is 4.78. The Morgan fingerprint density at radius 1 is 1.55 bits per heavy atom. The van der Waals surface area contributed by atoms with Crippen LogP contribution in [-0.2, 0) is 6.54 Å². The molecule has 1 aromatic heterocycles. The Morgan fingerprint density at radius 2 is 2.27 bits per heavy atom. The van der Waals surface area contributed by atoms with Crippen molar-refractivity contribution < 1.29 is 4.52 Å². The minimum Gasteiger partial charge on any atom is -0.340 e. The first kappa shape index (κ1) is 8.16. The first-order chi connectivity index (χ1) is 5.18. The van der Waals surface area contributed by atoms with Gasteiger partial charge < -0.3 is 4.52 Å². The summed E-state index contributed by atoms with van der Waals surface area (Å²) in [5.74, 6) is 1.27. The molecule has 1 heterocycles. The second-order valence-electron chi connectivity index (χ2n) is 2.46. The molecule has 1 N–H and O–H groups in total. The van der Waals surface area contributed by atoms with Crippen LogP contribution in [0.2, 0.25) is 0 Å². The third-order valence-corrected chi connectivity index (χ3v) is 1.12. The normalized spacial score (nSPS) is 10.9. The fourth-order valence-corrected chi connectivity index (χ4v) is 0.642. The molecule has 0 fully saturated rings. The minimum absolute atomic E-state index is 0.598. The molecule has 0 saturated carbocycles. The molecule has 0 bridgehead atoms. The Hall–Kier alpha value is -0.940. The molecule has 0 spiro atoms. The first-order valence-corrected chi connectivity index (χ1v) is 3.38. The lowest BCUT2D eigenvalue weighted by Crippen LogP contribution is -2.30. The third kappa shape index (κ3) is 2.65. The van der Waals surface area contributed by atoms with Crippen LogP contribution in [0.3, 0.4) is 0 Å². The highest BCUT2D eigenvalue weighted by Gasteiger charge is 2.00. The van der Waals surface area contributed by atoms with Gasteiger partial charge in [-0.05, 0) is 0 Å². The van der Waals surface area contributed by atoms with Crippen LogP contribution in [-0.4, -0.2) is 29.2 Å². The van der Waals surface area contributed by atoms with Crippen molar-refractivity contribution in [3.8, 4) is 0 Å². The van der Waals surface area contributed by atoms with E-state index in [4.69, 9.17) is 4.52 Å². The van der Waals surface area contributed by atoms with Crippen molar-refractivity contribution in [2.45, 2.75) is 13.5 Å². The Labute approximate surface area is 65.4 Å². The minimum atomic E-state index is 0.598. The van der Waals surface area contributed by atoms with Gasteiger partial charge in [0.25, 0.3) is 0 Å². The highest BCUT2D eigenvalue weighted by Crippen LogP contribution is 1.93. The Morgan fingerprint density at radius 3 is 2.73 bits per heavy atom. The highest BCUT2D eigenvalue weighted by molar-refractivity contribution is 4.81. The molecule has 0 aliphatic heterocycles.